The third kappa shape index (κ3) is 3.05. The molecular weight excluding hydrogens is 226 g/mol. The standard InChI is InChI=1S/C15H25NO2/c17-15(18-10-11-3-1-2-4-11)9-12-7-13-5-6-14(8-12)16-13/h11-14,16H,1-10H2. The maximum absolute atomic E-state index is 11.9. The second-order valence-electron chi connectivity index (χ2n) is 6.51. The van der Waals surface area contributed by atoms with Gasteiger partial charge in [0.2, 0.25) is 0 Å². The van der Waals surface area contributed by atoms with Gasteiger partial charge in [0.1, 0.15) is 0 Å². The van der Waals surface area contributed by atoms with Crippen LogP contribution in [0.2, 0.25) is 0 Å². The van der Waals surface area contributed by atoms with Crippen molar-refractivity contribution < 1.29 is 9.53 Å². The van der Waals surface area contributed by atoms with Gasteiger partial charge in [-0.1, -0.05) is 12.8 Å². The van der Waals surface area contributed by atoms with Gasteiger partial charge >= 0.3 is 5.97 Å². The van der Waals surface area contributed by atoms with Crippen LogP contribution in [0.5, 0.6) is 0 Å². The lowest BCUT2D eigenvalue weighted by molar-refractivity contribution is -0.146. The predicted octanol–water partition coefficient (Wildman–Crippen LogP) is 2.64. The number of nitrogens with one attached hydrogen (secondary N) is 1. The molecule has 0 aromatic carbocycles. The Kier molecular flexibility index (Phi) is 3.88. The number of carbonyl (C=O) groups excluding carboxylic acids is 1. The molecule has 3 rings (SSSR count). The lowest BCUT2D eigenvalue weighted by atomic mass is 9.90. The van der Waals surface area contributed by atoms with E-state index in [1.807, 2.05) is 0 Å². The number of hydrogen-bond acceptors (Lipinski definition) is 3. The molecule has 3 nitrogen and oxygen atoms in total. The smallest absolute Gasteiger partial charge is 0.306 e. The number of hydrogen-bond donors (Lipinski definition) is 1. The molecule has 2 heterocycles. The van der Waals surface area contributed by atoms with Crippen molar-refractivity contribution >= 4 is 5.97 Å². The van der Waals surface area contributed by atoms with Crippen LogP contribution in [-0.4, -0.2) is 24.7 Å². The number of fused-ring (bicyclic) bond motifs is 2. The maximum atomic E-state index is 11.9. The van der Waals surface area contributed by atoms with Crippen molar-refractivity contribution in [1.29, 1.82) is 0 Å². The molecule has 18 heavy (non-hydrogen) atoms. The first-order valence-electron chi connectivity index (χ1n) is 7.71. The van der Waals surface area contributed by atoms with Crippen LogP contribution < -0.4 is 5.32 Å². The lowest BCUT2D eigenvalue weighted by Crippen LogP contribution is -2.38. The molecule has 102 valence electrons. The molecule has 0 aromatic heterocycles. The highest BCUT2D eigenvalue weighted by atomic mass is 16.5. The summed E-state index contributed by atoms with van der Waals surface area (Å²) in [5.74, 6) is 1.27. The Morgan fingerprint density at radius 2 is 1.67 bits per heavy atom. The van der Waals surface area contributed by atoms with Crippen LogP contribution in [0, 0.1) is 11.8 Å². The van der Waals surface area contributed by atoms with E-state index in [-0.39, 0.29) is 5.97 Å². The van der Waals surface area contributed by atoms with E-state index in [0.717, 1.165) is 0 Å². The highest BCUT2D eigenvalue weighted by Gasteiger charge is 2.34. The van der Waals surface area contributed by atoms with Crippen LogP contribution >= 0.6 is 0 Å². The Bertz CT molecular complexity index is 287. The van der Waals surface area contributed by atoms with Crippen molar-refractivity contribution in [3.63, 3.8) is 0 Å². The summed E-state index contributed by atoms with van der Waals surface area (Å²) < 4.78 is 5.46. The van der Waals surface area contributed by atoms with Gasteiger partial charge in [-0.3, -0.25) is 4.79 Å². The zero-order valence-electron chi connectivity index (χ0n) is 11.2. The second-order valence-corrected chi connectivity index (χ2v) is 6.51. The Hall–Kier alpha value is -0.570. The van der Waals surface area contributed by atoms with Crippen molar-refractivity contribution in [2.45, 2.75) is 69.9 Å². The van der Waals surface area contributed by atoms with Crippen LogP contribution in [0.15, 0.2) is 0 Å². The van der Waals surface area contributed by atoms with Gasteiger partial charge in [-0.05, 0) is 50.4 Å². The topological polar surface area (TPSA) is 38.3 Å². The number of piperidine rings is 1. The van der Waals surface area contributed by atoms with Gasteiger partial charge in [-0.25, -0.2) is 0 Å². The molecule has 2 aliphatic heterocycles. The Morgan fingerprint density at radius 1 is 1.00 bits per heavy atom. The minimum absolute atomic E-state index is 0.0493. The molecule has 2 bridgehead atoms. The minimum atomic E-state index is 0.0493. The molecule has 3 fully saturated rings. The van der Waals surface area contributed by atoms with E-state index in [4.69, 9.17) is 4.74 Å². The normalized spacial score (nSPS) is 35.9. The molecule has 3 aliphatic rings. The number of esters is 1. The maximum Gasteiger partial charge on any atom is 0.306 e. The van der Waals surface area contributed by atoms with Gasteiger partial charge in [0.25, 0.3) is 0 Å². The van der Waals surface area contributed by atoms with Gasteiger partial charge < -0.3 is 10.1 Å². The van der Waals surface area contributed by atoms with Gasteiger partial charge in [-0.15, -0.1) is 0 Å². The second kappa shape index (κ2) is 5.60. The first-order chi connectivity index (χ1) is 8.79. The Morgan fingerprint density at radius 3 is 2.33 bits per heavy atom. The molecular formula is C15H25NO2. The predicted molar refractivity (Wildman–Crippen MR) is 70.2 cm³/mol. The van der Waals surface area contributed by atoms with Crippen LogP contribution in [0.1, 0.15) is 57.8 Å². The van der Waals surface area contributed by atoms with E-state index in [0.29, 0.717) is 36.9 Å². The summed E-state index contributed by atoms with van der Waals surface area (Å²) in [5, 5.41) is 3.62. The van der Waals surface area contributed by atoms with Crippen LogP contribution in [0.25, 0.3) is 0 Å². The van der Waals surface area contributed by atoms with Crippen molar-refractivity contribution in [2.75, 3.05) is 6.61 Å². The average Bonchev–Trinajstić information content (AvgIpc) is 2.97. The van der Waals surface area contributed by atoms with Crippen molar-refractivity contribution in [3.05, 3.63) is 0 Å². The van der Waals surface area contributed by atoms with Crippen molar-refractivity contribution in [3.8, 4) is 0 Å². The Labute approximate surface area is 110 Å². The highest BCUT2D eigenvalue weighted by Crippen LogP contribution is 2.33. The quantitative estimate of drug-likeness (QED) is 0.781. The SMILES string of the molecule is O=C(CC1CC2CCC(C1)N2)OCC1CCCC1. The molecule has 3 heteroatoms. The molecule has 2 saturated heterocycles. The summed E-state index contributed by atoms with van der Waals surface area (Å²) in [5.41, 5.74) is 0. The molecule has 0 amide bonds. The molecule has 1 saturated carbocycles. The number of ether oxygens (including phenoxy) is 1. The van der Waals surface area contributed by atoms with Crippen LogP contribution in [-0.2, 0) is 9.53 Å². The Balaban J connectivity index is 1.38. The summed E-state index contributed by atoms with van der Waals surface area (Å²) in [7, 11) is 0. The first-order valence-corrected chi connectivity index (χ1v) is 7.71. The van der Waals surface area contributed by atoms with Crippen molar-refractivity contribution in [2.24, 2.45) is 11.8 Å². The van der Waals surface area contributed by atoms with E-state index in [1.54, 1.807) is 0 Å². The van der Waals surface area contributed by atoms with Crippen LogP contribution in [0.3, 0.4) is 0 Å². The third-order valence-electron chi connectivity index (χ3n) is 4.98. The summed E-state index contributed by atoms with van der Waals surface area (Å²) in [6, 6.07) is 1.35. The molecule has 2 atom stereocenters. The van der Waals surface area contributed by atoms with Crippen molar-refractivity contribution in [1.82, 2.24) is 5.32 Å². The lowest BCUT2D eigenvalue weighted by Gasteiger charge is -2.28. The third-order valence-corrected chi connectivity index (χ3v) is 4.98. The van der Waals surface area contributed by atoms with Gasteiger partial charge in [-0.2, -0.15) is 0 Å². The fraction of sp³-hybridized carbons (Fsp3) is 0.933. The van der Waals surface area contributed by atoms with Crippen LogP contribution in [0.4, 0.5) is 0 Å². The largest absolute Gasteiger partial charge is 0.465 e. The molecule has 0 spiro atoms. The van der Waals surface area contributed by atoms with E-state index >= 15 is 0 Å². The molecule has 2 unspecified atom stereocenters. The van der Waals surface area contributed by atoms with Gasteiger partial charge in [0.05, 0.1) is 6.61 Å². The fourth-order valence-corrected chi connectivity index (χ4v) is 4.02. The van der Waals surface area contributed by atoms with Gasteiger partial charge in [0, 0.05) is 18.5 Å². The summed E-state index contributed by atoms with van der Waals surface area (Å²) in [4.78, 5) is 11.9. The fourth-order valence-electron chi connectivity index (χ4n) is 4.02. The number of rotatable bonds is 4. The monoisotopic (exact) mass is 251 g/mol. The average molecular weight is 251 g/mol. The summed E-state index contributed by atoms with van der Waals surface area (Å²) in [6.07, 6.45) is 10.8. The molecule has 0 aromatic rings. The minimum Gasteiger partial charge on any atom is -0.465 e. The zero-order chi connectivity index (χ0) is 12.4. The van der Waals surface area contributed by atoms with E-state index < -0.39 is 0 Å². The van der Waals surface area contributed by atoms with E-state index in [2.05, 4.69) is 5.32 Å². The first kappa shape index (κ1) is 12.5. The number of carbonyl (C=O) groups is 1. The van der Waals surface area contributed by atoms with E-state index in [1.165, 1.54) is 51.4 Å². The zero-order valence-corrected chi connectivity index (χ0v) is 11.2. The summed E-state index contributed by atoms with van der Waals surface area (Å²) >= 11 is 0. The van der Waals surface area contributed by atoms with Gasteiger partial charge in [0.15, 0.2) is 0 Å². The molecule has 1 N–H and O–H groups in total. The molecule has 0 radical (unpaired) electrons. The summed E-state index contributed by atoms with van der Waals surface area (Å²) in [6.45, 7) is 0.677. The van der Waals surface area contributed by atoms with E-state index in [9.17, 15) is 4.79 Å². The molecule has 1 aliphatic carbocycles. The highest BCUT2D eigenvalue weighted by molar-refractivity contribution is 5.69.